The lowest BCUT2D eigenvalue weighted by Gasteiger charge is -2.07. The molecule has 0 aromatic carbocycles. The summed E-state index contributed by atoms with van der Waals surface area (Å²) in [5.41, 5.74) is -0.115. The molecule has 2 aromatic heterocycles. The van der Waals surface area contributed by atoms with Gasteiger partial charge in [0.2, 0.25) is 5.91 Å². The first kappa shape index (κ1) is 14.7. The lowest BCUT2D eigenvalue weighted by atomic mass is 10.2. The lowest BCUT2D eigenvalue weighted by Crippen LogP contribution is -2.33. The van der Waals surface area contributed by atoms with E-state index < -0.39 is 11.9 Å². The van der Waals surface area contributed by atoms with Crippen LogP contribution in [0.1, 0.15) is 20.0 Å². The molecule has 8 heteroatoms. The van der Waals surface area contributed by atoms with Gasteiger partial charge in [0.05, 0.1) is 11.4 Å². The minimum Gasteiger partial charge on any atom is -0.478 e. The molecule has 2 amide bonds. The van der Waals surface area contributed by atoms with E-state index in [0.717, 1.165) is 0 Å². The van der Waals surface area contributed by atoms with Crippen LogP contribution in [0.5, 0.6) is 0 Å². The molecule has 3 N–H and O–H groups in total. The summed E-state index contributed by atoms with van der Waals surface area (Å²) in [6.07, 6.45) is 1.37. The zero-order valence-electron chi connectivity index (χ0n) is 10.7. The van der Waals surface area contributed by atoms with Crippen molar-refractivity contribution in [1.82, 2.24) is 10.3 Å². The van der Waals surface area contributed by atoms with Gasteiger partial charge in [-0.1, -0.05) is 6.07 Å². The second kappa shape index (κ2) is 6.62. The molecule has 0 fully saturated rings. The zero-order chi connectivity index (χ0) is 15.2. The van der Waals surface area contributed by atoms with Crippen LogP contribution in [-0.2, 0) is 4.79 Å². The van der Waals surface area contributed by atoms with Gasteiger partial charge in [-0.2, -0.15) is 0 Å². The van der Waals surface area contributed by atoms with Crippen LogP contribution < -0.4 is 10.6 Å². The van der Waals surface area contributed by atoms with Crippen LogP contribution >= 0.6 is 11.3 Å². The summed E-state index contributed by atoms with van der Waals surface area (Å²) in [5.74, 6) is -2.16. The summed E-state index contributed by atoms with van der Waals surface area (Å²) >= 11 is 1.26. The SMILES string of the molecule is O=C(CNC(=O)c1cccs1)Nc1ncccc1C(=O)O. The van der Waals surface area contributed by atoms with Gasteiger partial charge in [-0.25, -0.2) is 9.78 Å². The van der Waals surface area contributed by atoms with Gasteiger partial charge >= 0.3 is 5.97 Å². The van der Waals surface area contributed by atoms with Gasteiger partial charge in [0.15, 0.2) is 0 Å². The number of pyridine rings is 1. The highest BCUT2D eigenvalue weighted by molar-refractivity contribution is 7.12. The van der Waals surface area contributed by atoms with Gasteiger partial charge in [-0.3, -0.25) is 9.59 Å². The van der Waals surface area contributed by atoms with Gasteiger partial charge in [-0.05, 0) is 23.6 Å². The molecule has 0 aliphatic heterocycles. The number of hydrogen-bond donors (Lipinski definition) is 3. The molecule has 0 aliphatic rings. The van der Waals surface area contributed by atoms with E-state index in [1.54, 1.807) is 17.5 Å². The van der Waals surface area contributed by atoms with E-state index in [4.69, 9.17) is 5.11 Å². The molecule has 0 saturated heterocycles. The average molecular weight is 305 g/mol. The summed E-state index contributed by atoms with van der Waals surface area (Å²) in [5, 5.41) is 15.5. The summed E-state index contributed by atoms with van der Waals surface area (Å²) < 4.78 is 0. The number of thiophene rings is 1. The molecule has 2 heterocycles. The zero-order valence-corrected chi connectivity index (χ0v) is 11.5. The summed E-state index contributed by atoms with van der Waals surface area (Å²) in [6.45, 7) is -0.271. The van der Waals surface area contributed by atoms with Crippen LogP contribution in [0.15, 0.2) is 35.8 Å². The number of amides is 2. The van der Waals surface area contributed by atoms with Crippen molar-refractivity contribution >= 4 is 34.9 Å². The largest absolute Gasteiger partial charge is 0.478 e. The van der Waals surface area contributed by atoms with Crippen molar-refractivity contribution in [2.75, 3.05) is 11.9 Å². The monoisotopic (exact) mass is 305 g/mol. The maximum Gasteiger partial charge on any atom is 0.339 e. The Bertz CT molecular complexity index is 670. The third kappa shape index (κ3) is 3.86. The maximum atomic E-state index is 11.7. The number of carbonyl (C=O) groups excluding carboxylic acids is 2. The molecule has 0 bridgehead atoms. The van der Waals surface area contributed by atoms with Crippen molar-refractivity contribution in [3.8, 4) is 0 Å². The molecule has 0 saturated carbocycles. The predicted octanol–water partition coefficient (Wildman–Crippen LogP) is 1.21. The Hall–Kier alpha value is -2.74. The first-order valence-electron chi connectivity index (χ1n) is 5.88. The second-order valence-corrected chi connectivity index (χ2v) is 4.86. The van der Waals surface area contributed by atoms with E-state index in [2.05, 4.69) is 15.6 Å². The van der Waals surface area contributed by atoms with Crippen LogP contribution in [0.25, 0.3) is 0 Å². The smallest absolute Gasteiger partial charge is 0.339 e. The van der Waals surface area contributed by atoms with Crippen molar-refractivity contribution in [3.63, 3.8) is 0 Å². The van der Waals surface area contributed by atoms with Gasteiger partial charge in [0, 0.05) is 6.20 Å². The van der Waals surface area contributed by atoms with E-state index in [1.807, 2.05) is 0 Å². The summed E-state index contributed by atoms with van der Waals surface area (Å²) in [4.78, 5) is 38.6. The summed E-state index contributed by atoms with van der Waals surface area (Å²) in [7, 11) is 0. The van der Waals surface area contributed by atoms with E-state index >= 15 is 0 Å². The topological polar surface area (TPSA) is 108 Å². The lowest BCUT2D eigenvalue weighted by molar-refractivity contribution is -0.115. The maximum absolute atomic E-state index is 11.7. The van der Waals surface area contributed by atoms with Gasteiger partial charge in [-0.15, -0.1) is 11.3 Å². The molecule has 0 unspecified atom stereocenters. The molecule has 0 aliphatic carbocycles. The Kier molecular flexibility index (Phi) is 4.62. The van der Waals surface area contributed by atoms with E-state index in [-0.39, 0.29) is 23.8 Å². The van der Waals surface area contributed by atoms with Crippen molar-refractivity contribution in [3.05, 3.63) is 46.3 Å². The fraction of sp³-hybridized carbons (Fsp3) is 0.0769. The Morgan fingerprint density at radius 1 is 1.24 bits per heavy atom. The highest BCUT2D eigenvalue weighted by Crippen LogP contribution is 2.11. The number of anilines is 1. The Morgan fingerprint density at radius 2 is 2.05 bits per heavy atom. The fourth-order valence-corrected chi connectivity index (χ4v) is 2.15. The highest BCUT2D eigenvalue weighted by atomic mass is 32.1. The number of aromatic carboxylic acids is 1. The molecule has 7 nitrogen and oxygen atoms in total. The molecular weight excluding hydrogens is 294 g/mol. The summed E-state index contributed by atoms with van der Waals surface area (Å²) in [6, 6.07) is 6.15. The minimum atomic E-state index is -1.19. The molecule has 0 radical (unpaired) electrons. The van der Waals surface area contributed by atoms with E-state index in [9.17, 15) is 14.4 Å². The second-order valence-electron chi connectivity index (χ2n) is 3.91. The van der Waals surface area contributed by atoms with Crippen molar-refractivity contribution in [2.45, 2.75) is 0 Å². The van der Waals surface area contributed by atoms with Crippen LogP contribution in [0.2, 0.25) is 0 Å². The van der Waals surface area contributed by atoms with Crippen molar-refractivity contribution in [2.24, 2.45) is 0 Å². The van der Waals surface area contributed by atoms with E-state index in [1.165, 1.54) is 29.7 Å². The first-order valence-corrected chi connectivity index (χ1v) is 6.76. The van der Waals surface area contributed by atoms with Gasteiger partial charge < -0.3 is 15.7 Å². The third-order valence-electron chi connectivity index (χ3n) is 2.45. The number of carboxylic acids is 1. The van der Waals surface area contributed by atoms with Crippen LogP contribution in [0.3, 0.4) is 0 Å². The Morgan fingerprint density at radius 3 is 2.71 bits per heavy atom. The first-order chi connectivity index (χ1) is 10.1. The number of nitrogens with zero attached hydrogens (tertiary/aromatic N) is 1. The molecule has 21 heavy (non-hydrogen) atoms. The quantitative estimate of drug-likeness (QED) is 0.769. The average Bonchev–Trinajstić information content (AvgIpc) is 2.99. The van der Waals surface area contributed by atoms with Gasteiger partial charge in [0.25, 0.3) is 5.91 Å². The molecule has 2 rings (SSSR count). The Balaban J connectivity index is 1.93. The number of nitrogens with one attached hydrogen (secondary N) is 2. The Labute approximate surface area is 123 Å². The number of aromatic nitrogens is 1. The normalized spacial score (nSPS) is 9.90. The highest BCUT2D eigenvalue weighted by Gasteiger charge is 2.14. The predicted molar refractivity (Wildman–Crippen MR) is 76.5 cm³/mol. The number of carbonyl (C=O) groups is 3. The van der Waals surface area contributed by atoms with Crippen LogP contribution in [0, 0.1) is 0 Å². The third-order valence-corrected chi connectivity index (χ3v) is 3.32. The number of hydrogen-bond acceptors (Lipinski definition) is 5. The van der Waals surface area contributed by atoms with Crippen LogP contribution in [-0.4, -0.2) is 34.4 Å². The minimum absolute atomic E-state index is 0.0552. The molecular formula is C13H11N3O4S. The number of rotatable bonds is 5. The standard InChI is InChI=1S/C13H11N3O4S/c17-10(7-15-12(18)9-4-2-6-21-9)16-11-8(13(19)20)3-1-5-14-11/h1-6H,7H2,(H,15,18)(H,19,20)(H,14,16,17). The van der Waals surface area contributed by atoms with Crippen molar-refractivity contribution < 1.29 is 19.5 Å². The van der Waals surface area contributed by atoms with Gasteiger partial charge in [0.1, 0.15) is 11.4 Å². The molecule has 108 valence electrons. The number of carboxylic acid groups (broad SMARTS) is 1. The molecule has 0 atom stereocenters. The van der Waals surface area contributed by atoms with E-state index in [0.29, 0.717) is 4.88 Å². The molecule has 2 aromatic rings. The van der Waals surface area contributed by atoms with Crippen molar-refractivity contribution in [1.29, 1.82) is 0 Å². The fourth-order valence-electron chi connectivity index (χ4n) is 1.51. The molecule has 0 spiro atoms. The van der Waals surface area contributed by atoms with Crippen LogP contribution in [0.4, 0.5) is 5.82 Å².